The van der Waals surface area contributed by atoms with E-state index in [9.17, 15) is 14.4 Å². The van der Waals surface area contributed by atoms with Crippen LogP contribution in [0.1, 0.15) is 106 Å². The molecule has 5 aliphatic carbocycles. The first kappa shape index (κ1) is 24.5. The molecule has 0 amide bonds. The Morgan fingerprint density at radius 3 is 2.18 bits per heavy atom. The second-order valence-electron chi connectivity index (χ2n) is 14.2. The first-order valence-corrected chi connectivity index (χ1v) is 13.9. The number of carbonyl (C=O) groups is 3. The molecule has 0 unspecified atom stereocenters. The second-order valence-corrected chi connectivity index (χ2v) is 14.2. The van der Waals surface area contributed by atoms with Gasteiger partial charge < -0.3 is 4.74 Å². The van der Waals surface area contributed by atoms with Crippen molar-refractivity contribution < 1.29 is 19.1 Å². The predicted molar refractivity (Wildman–Crippen MR) is 132 cm³/mol. The quantitative estimate of drug-likeness (QED) is 0.438. The summed E-state index contributed by atoms with van der Waals surface area (Å²) in [6.07, 6.45) is 9.80. The maximum Gasteiger partial charge on any atom is 0.312 e. The minimum absolute atomic E-state index is 0.0120. The fourth-order valence-electron chi connectivity index (χ4n) is 11.4. The minimum Gasteiger partial charge on any atom is -0.469 e. The van der Waals surface area contributed by atoms with Crippen LogP contribution in [0.3, 0.4) is 0 Å². The van der Waals surface area contributed by atoms with Crippen LogP contribution in [0.4, 0.5) is 0 Å². The van der Waals surface area contributed by atoms with E-state index in [1.807, 2.05) is 0 Å². The molecule has 0 bridgehead atoms. The monoisotopic (exact) mass is 470 g/mol. The number of hydrogen-bond acceptors (Lipinski definition) is 4. The van der Waals surface area contributed by atoms with Gasteiger partial charge in [0.25, 0.3) is 0 Å². The Bertz CT molecular complexity index is 921. The Morgan fingerprint density at radius 1 is 0.824 bits per heavy atom. The molecule has 0 aliphatic heterocycles. The lowest BCUT2D eigenvalue weighted by Crippen LogP contribution is -2.66. The van der Waals surface area contributed by atoms with Gasteiger partial charge in [-0.15, -0.1) is 0 Å². The Balaban J connectivity index is 1.57. The van der Waals surface area contributed by atoms with Gasteiger partial charge in [0.05, 0.1) is 12.5 Å². The van der Waals surface area contributed by atoms with Crippen LogP contribution in [0.5, 0.6) is 0 Å². The summed E-state index contributed by atoms with van der Waals surface area (Å²) in [4.78, 5) is 39.0. The molecule has 0 N–H and O–H groups in total. The lowest BCUT2D eigenvalue weighted by atomic mass is 9.32. The molecule has 4 heteroatoms. The zero-order valence-corrected chi connectivity index (χ0v) is 22.6. The number of ether oxygens (including phenoxy) is 1. The van der Waals surface area contributed by atoms with Crippen molar-refractivity contribution in [3.63, 3.8) is 0 Å². The van der Waals surface area contributed by atoms with Gasteiger partial charge >= 0.3 is 5.97 Å². The van der Waals surface area contributed by atoms with Crippen molar-refractivity contribution in [2.45, 2.75) is 106 Å². The molecule has 0 aromatic rings. The molecule has 5 rings (SSSR count). The molecular weight excluding hydrogens is 424 g/mol. The number of rotatable bonds is 2. The molecule has 0 saturated heterocycles. The van der Waals surface area contributed by atoms with Crippen molar-refractivity contribution in [1.29, 1.82) is 0 Å². The van der Waals surface area contributed by atoms with E-state index in [1.54, 1.807) is 6.92 Å². The van der Waals surface area contributed by atoms with Crippen LogP contribution in [0.2, 0.25) is 0 Å². The summed E-state index contributed by atoms with van der Waals surface area (Å²) < 4.78 is 5.40. The number of carbonyl (C=O) groups excluding carboxylic acids is 3. The summed E-state index contributed by atoms with van der Waals surface area (Å²) in [5, 5.41) is 0. The predicted octanol–water partition coefficient (Wildman–Crippen LogP) is 6.40. The molecule has 0 aromatic heterocycles. The molecule has 9 atom stereocenters. The molecular formula is C30H46O4. The van der Waals surface area contributed by atoms with E-state index in [0.717, 1.165) is 57.8 Å². The van der Waals surface area contributed by atoms with E-state index in [1.165, 1.54) is 7.11 Å². The smallest absolute Gasteiger partial charge is 0.312 e. The lowest BCUT2D eigenvalue weighted by molar-refractivity contribution is -0.236. The van der Waals surface area contributed by atoms with E-state index in [2.05, 4.69) is 34.6 Å². The number of methoxy groups -OCH3 is 1. The molecule has 34 heavy (non-hydrogen) atoms. The van der Waals surface area contributed by atoms with Crippen molar-refractivity contribution in [2.75, 3.05) is 7.11 Å². The average Bonchev–Trinajstić information content (AvgIpc) is 3.18. The first-order chi connectivity index (χ1) is 15.8. The third-order valence-corrected chi connectivity index (χ3v) is 13.3. The molecule has 5 fully saturated rings. The van der Waals surface area contributed by atoms with E-state index in [-0.39, 0.29) is 45.2 Å². The van der Waals surface area contributed by atoms with Crippen molar-refractivity contribution in [2.24, 2.45) is 56.7 Å². The molecule has 0 aromatic carbocycles. The summed E-state index contributed by atoms with van der Waals surface area (Å²) in [5.41, 5.74) is -0.243. The molecule has 0 heterocycles. The summed E-state index contributed by atoms with van der Waals surface area (Å²) in [5.74, 6) is 2.18. The SMILES string of the molecule is COC(=O)[C@]12CC[C@@H](C(C)=O)[C@@H]1[C@H]1CC[C@H]3[C@@]4(C)CCC(=O)C(C)(C)[C@@H]4CC[C@@]3(C)[C@]1(C)CC2. The van der Waals surface area contributed by atoms with Gasteiger partial charge in [-0.3, -0.25) is 14.4 Å². The Kier molecular flexibility index (Phi) is 5.34. The molecule has 190 valence electrons. The molecule has 4 nitrogen and oxygen atoms in total. The zero-order chi connectivity index (χ0) is 24.9. The van der Waals surface area contributed by atoms with Gasteiger partial charge in [0.2, 0.25) is 0 Å². The number of hydrogen-bond donors (Lipinski definition) is 0. The summed E-state index contributed by atoms with van der Waals surface area (Å²) >= 11 is 0. The fourth-order valence-corrected chi connectivity index (χ4v) is 11.4. The first-order valence-electron chi connectivity index (χ1n) is 13.9. The van der Waals surface area contributed by atoms with Gasteiger partial charge in [-0.2, -0.15) is 0 Å². The number of Topliss-reactive ketones (excluding diaryl/α,β-unsaturated/α-hetero) is 2. The lowest BCUT2D eigenvalue weighted by Gasteiger charge is -2.72. The number of esters is 1. The van der Waals surface area contributed by atoms with E-state index in [4.69, 9.17) is 4.74 Å². The zero-order valence-electron chi connectivity index (χ0n) is 22.6. The largest absolute Gasteiger partial charge is 0.469 e. The molecule has 0 spiro atoms. The van der Waals surface area contributed by atoms with Gasteiger partial charge in [-0.1, -0.05) is 34.6 Å². The van der Waals surface area contributed by atoms with Gasteiger partial charge in [-0.25, -0.2) is 0 Å². The highest BCUT2D eigenvalue weighted by molar-refractivity contribution is 5.85. The van der Waals surface area contributed by atoms with Gasteiger partial charge in [-0.05, 0) is 105 Å². The average molecular weight is 471 g/mol. The Morgan fingerprint density at radius 2 is 1.53 bits per heavy atom. The van der Waals surface area contributed by atoms with E-state index in [0.29, 0.717) is 30.0 Å². The van der Waals surface area contributed by atoms with Crippen LogP contribution in [0.25, 0.3) is 0 Å². The Labute approximate surface area is 206 Å². The molecule has 0 radical (unpaired) electrons. The highest BCUT2D eigenvalue weighted by atomic mass is 16.5. The fraction of sp³-hybridized carbons (Fsp3) is 0.900. The van der Waals surface area contributed by atoms with Crippen LogP contribution < -0.4 is 0 Å². The third kappa shape index (κ3) is 2.75. The van der Waals surface area contributed by atoms with E-state index >= 15 is 0 Å². The van der Waals surface area contributed by atoms with Crippen molar-refractivity contribution >= 4 is 17.5 Å². The van der Waals surface area contributed by atoms with Gasteiger partial charge in [0.15, 0.2) is 0 Å². The summed E-state index contributed by atoms with van der Waals surface area (Å²) in [6, 6.07) is 0. The summed E-state index contributed by atoms with van der Waals surface area (Å²) in [6.45, 7) is 13.7. The highest BCUT2D eigenvalue weighted by Crippen LogP contribution is 2.77. The van der Waals surface area contributed by atoms with Crippen molar-refractivity contribution in [1.82, 2.24) is 0 Å². The van der Waals surface area contributed by atoms with Crippen LogP contribution in [-0.2, 0) is 19.1 Å². The molecule has 5 saturated carbocycles. The van der Waals surface area contributed by atoms with Crippen LogP contribution in [-0.4, -0.2) is 24.6 Å². The highest BCUT2D eigenvalue weighted by Gasteiger charge is 2.72. The van der Waals surface area contributed by atoms with Gasteiger partial charge in [0, 0.05) is 17.8 Å². The van der Waals surface area contributed by atoms with Crippen molar-refractivity contribution in [3.05, 3.63) is 0 Å². The normalized spacial score (nSPS) is 51.5. The molecule has 5 aliphatic rings. The minimum atomic E-state index is -0.473. The standard InChI is InChI=1S/C30H46O4/c1-18(31)19-10-15-30(25(33)34-7)17-16-28(5)20(24(19)30)8-9-22-27(4)13-12-23(32)26(2,3)21(27)11-14-29(22,28)6/h19-22,24H,8-17H2,1-7H3/t19-,20+,21-,22-,24+,27-,28+,29+,30-/m0/s1. The Hall–Kier alpha value is -1.19. The van der Waals surface area contributed by atoms with Gasteiger partial charge in [0.1, 0.15) is 11.6 Å². The maximum atomic E-state index is 13.3. The number of ketones is 2. The summed E-state index contributed by atoms with van der Waals surface area (Å²) in [7, 11) is 1.52. The van der Waals surface area contributed by atoms with Crippen molar-refractivity contribution in [3.8, 4) is 0 Å². The topological polar surface area (TPSA) is 60.4 Å². The van der Waals surface area contributed by atoms with E-state index < -0.39 is 5.41 Å². The third-order valence-electron chi connectivity index (χ3n) is 13.3. The maximum absolute atomic E-state index is 13.3. The van der Waals surface area contributed by atoms with Crippen LogP contribution >= 0.6 is 0 Å². The number of fused-ring (bicyclic) bond motifs is 7. The second kappa shape index (κ2) is 7.42. The van der Waals surface area contributed by atoms with Crippen LogP contribution in [0.15, 0.2) is 0 Å². The van der Waals surface area contributed by atoms with Crippen LogP contribution in [0, 0.1) is 56.7 Å².